The van der Waals surface area contributed by atoms with E-state index in [1.807, 2.05) is 48.5 Å². The van der Waals surface area contributed by atoms with Gasteiger partial charge in [-0.25, -0.2) is 4.39 Å². The molecule has 0 saturated heterocycles. The second-order valence-electron chi connectivity index (χ2n) is 7.29. The number of rotatable bonds is 7. The number of nitrogens with two attached hydrogens (primary N) is 1. The zero-order valence-electron chi connectivity index (χ0n) is 16.7. The van der Waals surface area contributed by atoms with Gasteiger partial charge < -0.3 is 15.5 Å². The number of amides is 2. The number of carbonyl (C=O) groups is 2. The van der Waals surface area contributed by atoms with E-state index in [9.17, 15) is 14.0 Å². The minimum absolute atomic E-state index is 0.215. The highest BCUT2D eigenvalue weighted by Crippen LogP contribution is 2.32. The Hall–Kier alpha value is -3.93. The third-order valence-corrected chi connectivity index (χ3v) is 5.00. The topological polar surface area (TPSA) is 85.3 Å². The number of primary amides is 1. The molecule has 1 heterocycles. The van der Waals surface area contributed by atoms with Crippen LogP contribution < -0.4 is 11.1 Å². The highest BCUT2D eigenvalue weighted by molar-refractivity contribution is 5.99. The molecule has 156 valence electrons. The minimum Gasteiger partial charge on any atom is -0.461 e. The van der Waals surface area contributed by atoms with E-state index < -0.39 is 12.6 Å². The van der Waals surface area contributed by atoms with Gasteiger partial charge in [-0.05, 0) is 46.5 Å². The molecule has 0 bridgehead atoms. The molecular formula is C25H21FN2O3. The molecule has 0 spiro atoms. The molecule has 0 atom stereocenters. The SMILES string of the molecule is NC(=O)CNC(=O)c1cccc(-c2cccc3oc(Cc4cccc(CF)c4)cc23)c1. The largest absolute Gasteiger partial charge is 0.461 e. The summed E-state index contributed by atoms with van der Waals surface area (Å²) >= 11 is 0. The molecule has 0 aliphatic heterocycles. The Balaban J connectivity index is 1.65. The number of alkyl halides is 1. The number of hydrogen-bond acceptors (Lipinski definition) is 3. The Morgan fingerprint density at radius 2 is 1.71 bits per heavy atom. The van der Waals surface area contributed by atoms with Gasteiger partial charge in [-0.3, -0.25) is 9.59 Å². The van der Waals surface area contributed by atoms with Crippen LogP contribution in [0.1, 0.15) is 27.2 Å². The third-order valence-electron chi connectivity index (χ3n) is 5.00. The van der Waals surface area contributed by atoms with Gasteiger partial charge in [0.2, 0.25) is 5.91 Å². The van der Waals surface area contributed by atoms with Crippen molar-refractivity contribution >= 4 is 22.8 Å². The standard InChI is InChI=1S/C25H21FN2O3/c26-14-17-5-1-4-16(10-17)11-20-13-22-21(8-3-9-23(22)31-20)18-6-2-7-19(12-18)25(30)28-15-24(27)29/h1-10,12-13H,11,14-15H2,(H2,27,29)(H,28,30). The predicted molar refractivity (Wildman–Crippen MR) is 117 cm³/mol. The maximum atomic E-state index is 13.0. The van der Waals surface area contributed by atoms with Crippen molar-refractivity contribution in [2.45, 2.75) is 13.1 Å². The monoisotopic (exact) mass is 416 g/mol. The van der Waals surface area contributed by atoms with Crippen LogP contribution in [0.5, 0.6) is 0 Å². The van der Waals surface area contributed by atoms with Crippen molar-refractivity contribution in [3.05, 3.63) is 95.2 Å². The average Bonchev–Trinajstić information content (AvgIpc) is 3.20. The molecule has 2 amide bonds. The zero-order chi connectivity index (χ0) is 21.8. The fourth-order valence-electron chi connectivity index (χ4n) is 3.57. The maximum absolute atomic E-state index is 13.0. The first kappa shape index (κ1) is 20.3. The Morgan fingerprint density at radius 3 is 2.52 bits per heavy atom. The van der Waals surface area contributed by atoms with E-state index in [1.54, 1.807) is 24.3 Å². The van der Waals surface area contributed by atoms with Gasteiger partial charge in [0.15, 0.2) is 0 Å². The van der Waals surface area contributed by atoms with Gasteiger partial charge in [-0.2, -0.15) is 0 Å². The minimum atomic E-state index is -0.600. The molecule has 5 nitrogen and oxygen atoms in total. The normalized spacial score (nSPS) is 10.9. The summed E-state index contributed by atoms with van der Waals surface area (Å²) in [5.41, 5.74) is 9.65. The number of carbonyl (C=O) groups excluding carboxylic acids is 2. The van der Waals surface area contributed by atoms with E-state index in [1.165, 1.54) is 0 Å². The Bertz CT molecular complexity index is 1260. The first-order valence-electron chi connectivity index (χ1n) is 9.85. The lowest BCUT2D eigenvalue weighted by Gasteiger charge is -2.07. The fraction of sp³-hybridized carbons (Fsp3) is 0.120. The maximum Gasteiger partial charge on any atom is 0.251 e. The van der Waals surface area contributed by atoms with Crippen molar-refractivity contribution in [1.29, 1.82) is 0 Å². The molecule has 0 aliphatic carbocycles. The van der Waals surface area contributed by atoms with Gasteiger partial charge in [-0.1, -0.05) is 48.5 Å². The van der Waals surface area contributed by atoms with Gasteiger partial charge in [0, 0.05) is 17.4 Å². The number of halogens is 1. The molecule has 0 aliphatic rings. The van der Waals surface area contributed by atoms with E-state index in [0.717, 1.165) is 33.4 Å². The molecule has 4 aromatic rings. The first-order chi connectivity index (χ1) is 15.0. The van der Waals surface area contributed by atoms with Crippen molar-refractivity contribution < 1.29 is 18.4 Å². The third kappa shape index (κ3) is 4.64. The molecule has 3 aromatic carbocycles. The number of furan rings is 1. The lowest BCUT2D eigenvalue weighted by Crippen LogP contribution is -2.33. The van der Waals surface area contributed by atoms with Gasteiger partial charge in [0.1, 0.15) is 18.0 Å². The van der Waals surface area contributed by atoms with Crippen LogP contribution in [0.25, 0.3) is 22.1 Å². The van der Waals surface area contributed by atoms with Crippen molar-refractivity contribution in [2.24, 2.45) is 5.73 Å². The molecule has 0 unspecified atom stereocenters. The van der Waals surface area contributed by atoms with Gasteiger partial charge in [0.05, 0.1) is 6.54 Å². The van der Waals surface area contributed by atoms with Crippen LogP contribution in [-0.2, 0) is 17.9 Å². The Kier molecular flexibility index (Phi) is 5.80. The van der Waals surface area contributed by atoms with E-state index in [2.05, 4.69) is 5.32 Å². The summed E-state index contributed by atoms with van der Waals surface area (Å²) in [6, 6.07) is 22.3. The lowest BCUT2D eigenvalue weighted by molar-refractivity contribution is -0.117. The van der Waals surface area contributed by atoms with E-state index in [4.69, 9.17) is 10.2 Å². The van der Waals surface area contributed by atoms with E-state index >= 15 is 0 Å². The van der Waals surface area contributed by atoms with Crippen LogP contribution in [-0.4, -0.2) is 18.4 Å². The Morgan fingerprint density at radius 1 is 0.935 bits per heavy atom. The van der Waals surface area contributed by atoms with Gasteiger partial charge in [0.25, 0.3) is 5.91 Å². The summed E-state index contributed by atoms with van der Waals surface area (Å²) in [6.45, 7) is -0.713. The highest BCUT2D eigenvalue weighted by Gasteiger charge is 2.13. The summed E-state index contributed by atoms with van der Waals surface area (Å²) in [6.07, 6.45) is 0.553. The fourth-order valence-corrected chi connectivity index (χ4v) is 3.57. The van der Waals surface area contributed by atoms with Crippen molar-refractivity contribution in [3.8, 4) is 11.1 Å². The lowest BCUT2D eigenvalue weighted by atomic mass is 9.99. The molecule has 6 heteroatoms. The second-order valence-corrected chi connectivity index (χ2v) is 7.29. The van der Waals surface area contributed by atoms with E-state index in [0.29, 0.717) is 17.5 Å². The second kappa shape index (κ2) is 8.83. The zero-order valence-corrected chi connectivity index (χ0v) is 16.7. The number of benzene rings is 3. The van der Waals surface area contributed by atoms with Crippen LogP contribution in [0.15, 0.2) is 77.2 Å². The van der Waals surface area contributed by atoms with Crippen LogP contribution >= 0.6 is 0 Å². The Labute approximate surface area is 178 Å². The molecule has 4 rings (SSSR count). The van der Waals surface area contributed by atoms with Gasteiger partial charge >= 0.3 is 0 Å². The quantitative estimate of drug-likeness (QED) is 0.469. The van der Waals surface area contributed by atoms with Crippen LogP contribution in [0, 0.1) is 0 Å². The summed E-state index contributed by atoms with van der Waals surface area (Å²) in [5, 5.41) is 3.42. The molecule has 31 heavy (non-hydrogen) atoms. The highest BCUT2D eigenvalue weighted by atomic mass is 19.1. The summed E-state index contributed by atoms with van der Waals surface area (Å²) in [7, 11) is 0. The molecule has 0 radical (unpaired) electrons. The van der Waals surface area contributed by atoms with E-state index in [-0.39, 0.29) is 12.5 Å². The number of hydrogen-bond donors (Lipinski definition) is 2. The smallest absolute Gasteiger partial charge is 0.251 e. The van der Waals surface area contributed by atoms with Crippen molar-refractivity contribution in [1.82, 2.24) is 5.32 Å². The van der Waals surface area contributed by atoms with Crippen LogP contribution in [0.4, 0.5) is 4.39 Å². The molecule has 0 saturated carbocycles. The summed E-state index contributed by atoms with van der Waals surface area (Å²) in [5.74, 6) is -0.195. The predicted octanol–water partition coefficient (Wildman–Crippen LogP) is 4.38. The average molecular weight is 416 g/mol. The molecule has 1 aromatic heterocycles. The van der Waals surface area contributed by atoms with Gasteiger partial charge in [-0.15, -0.1) is 0 Å². The first-order valence-corrected chi connectivity index (χ1v) is 9.85. The van der Waals surface area contributed by atoms with Crippen molar-refractivity contribution in [3.63, 3.8) is 0 Å². The van der Waals surface area contributed by atoms with Crippen LogP contribution in [0.3, 0.4) is 0 Å². The van der Waals surface area contributed by atoms with Crippen molar-refractivity contribution in [2.75, 3.05) is 6.54 Å². The molecule has 3 N–H and O–H groups in total. The molecular weight excluding hydrogens is 395 g/mol. The summed E-state index contributed by atoms with van der Waals surface area (Å²) < 4.78 is 19.0. The number of fused-ring (bicyclic) bond motifs is 1. The molecule has 0 fully saturated rings. The number of nitrogens with one attached hydrogen (secondary N) is 1. The van der Waals surface area contributed by atoms with Crippen LogP contribution in [0.2, 0.25) is 0 Å². The summed E-state index contributed by atoms with van der Waals surface area (Å²) in [4.78, 5) is 23.2.